The lowest BCUT2D eigenvalue weighted by Crippen LogP contribution is -2.45. The molecule has 0 saturated carbocycles. The van der Waals surface area contributed by atoms with Gasteiger partial charge in [0.1, 0.15) is 0 Å². The monoisotopic (exact) mass is 1040 g/mol. The van der Waals surface area contributed by atoms with Gasteiger partial charge in [-0.1, -0.05) is 320 Å². The molecule has 2 atom stereocenters. The number of rotatable bonds is 62. The molecule has 2 unspecified atom stereocenters. The molecule has 3 N–H and O–H groups in total. The number of hydrogen-bond acceptors (Lipinski definition) is 5. The van der Waals surface area contributed by atoms with E-state index in [-0.39, 0.29) is 18.5 Å². The molecule has 0 aromatic heterocycles. The van der Waals surface area contributed by atoms with E-state index in [9.17, 15) is 19.8 Å². The molecule has 0 saturated heterocycles. The quantitative estimate of drug-likeness (QED) is 0.0320. The minimum Gasteiger partial charge on any atom is -0.466 e. The van der Waals surface area contributed by atoms with Gasteiger partial charge in [0.05, 0.1) is 25.4 Å². The third-order valence-electron chi connectivity index (χ3n) is 15.4. The summed E-state index contributed by atoms with van der Waals surface area (Å²) >= 11 is 0. The second-order valence-corrected chi connectivity index (χ2v) is 22.8. The average molecular weight is 1040 g/mol. The molecule has 0 aromatic rings. The Morgan fingerprint density at radius 1 is 0.378 bits per heavy atom. The van der Waals surface area contributed by atoms with E-state index in [2.05, 4.69) is 43.5 Å². The van der Waals surface area contributed by atoms with Crippen molar-refractivity contribution in [3.63, 3.8) is 0 Å². The Kier molecular flexibility index (Phi) is 62.0. The number of allylic oxidation sites excluding steroid dienone is 5. The lowest BCUT2D eigenvalue weighted by atomic mass is 10.0. The van der Waals surface area contributed by atoms with Crippen LogP contribution in [-0.2, 0) is 14.3 Å². The molecule has 6 heteroatoms. The predicted octanol–water partition coefficient (Wildman–Crippen LogP) is 21.1. The smallest absolute Gasteiger partial charge is 0.305 e. The van der Waals surface area contributed by atoms with Gasteiger partial charge in [0.25, 0.3) is 0 Å². The number of esters is 1. The van der Waals surface area contributed by atoms with Crippen molar-refractivity contribution >= 4 is 11.9 Å². The van der Waals surface area contributed by atoms with Crippen molar-refractivity contribution in [1.29, 1.82) is 0 Å². The van der Waals surface area contributed by atoms with Crippen molar-refractivity contribution in [2.75, 3.05) is 13.2 Å². The van der Waals surface area contributed by atoms with Gasteiger partial charge < -0.3 is 20.3 Å². The van der Waals surface area contributed by atoms with Crippen LogP contribution in [0.15, 0.2) is 36.5 Å². The molecule has 0 aromatic carbocycles. The number of aliphatic hydroxyl groups excluding tert-OH is 2. The van der Waals surface area contributed by atoms with Crippen LogP contribution in [0.2, 0.25) is 0 Å². The number of aliphatic hydroxyl groups is 2. The number of nitrogens with one attached hydrogen (secondary N) is 1. The van der Waals surface area contributed by atoms with Crippen molar-refractivity contribution in [3.05, 3.63) is 36.5 Å². The SMILES string of the molecule is CCCCCCCCCCCCCCCCCCC/C=C/C(O)C(CO)NC(=O)CCCCCCCCC/C=C\C/C=C\CCCCCCCCCCCOC(=O)CCCCCCCCCCCCCCCCC. The summed E-state index contributed by atoms with van der Waals surface area (Å²) in [4.78, 5) is 24.6. The van der Waals surface area contributed by atoms with Crippen molar-refractivity contribution in [1.82, 2.24) is 5.32 Å². The highest BCUT2D eigenvalue weighted by Crippen LogP contribution is 2.18. The van der Waals surface area contributed by atoms with Gasteiger partial charge in [0.15, 0.2) is 0 Å². The van der Waals surface area contributed by atoms with Crippen LogP contribution in [0.1, 0.15) is 361 Å². The van der Waals surface area contributed by atoms with Crippen LogP contribution in [0.3, 0.4) is 0 Å². The molecular formula is C68H129NO5. The third-order valence-corrected chi connectivity index (χ3v) is 15.4. The fourth-order valence-electron chi connectivity index (χ4n) is 10.3. The zero-order chi connectivity index (χ0) is 53.6. The van der Waals surface area contributed by atoms with Crippen LogP contribution in [0, 0.1) is 0 Å². The number of unbranched alkanes of at least 4 members (excludes halogenated alkanes) is 47. The van der Waals surface area contributed by atoms with E-state index in [0.29, 0.717) is 19.4 Å². The second kappa shape index (κ2) is 63.6. The van der Waals surface area contributed by atoms with Crippen molar-refractivity contribution < 1.29 is 24.5 Å². The van der Waals surface area contributed by atoms with Crippen LogP contribution >= 0.6 is 0 Å². The number of hydrogen-bond donors (Lipinski definition) is 3. The Bertz CT molecular complexity index is 1200. The summed E-state index contributed by atoms with van der Waals surface area (Å²) in [5, 5.41) is 23.2. The minimum atomic E-state index is -0.852. The van der Waals surface area contributed by atoms with Crippen molar-refractivity contribution in [3.8, 4) is 0 Å². The molecule has 0 fully saturated rings. The fraction of sp³-hybridized carbons (Fsp3) is 0.882. The summed E-state index contributed by atoms with van der Waals surface area (Å²) in [5.74, 6) is -0.0661. The standard InChI is InChI=1S/C68H129NO5/c1-3-5-7-9-11-13-15-17-19-20-26-29-33-36-40-44-48-52-56-60-66(71)65(64-70)69-67(72)61-57-53-49-45-41-37-34-30-27-24-22-21-23-25-28-31-35-39-43-47-51-55-59-63-74-68(73)62-58-54-50-46-42-38-32-18-16-14-12-10-8-6-4-2/h21,23-24,27,56,60,65-66,70-71H,3-20,22,25-26,28-55,57-59,61-64H2,1-2H3,(H,69,72)/b23-21-,27-24-,60-56+. The van der Waals surface area contributed by atoms with Gasteiger partial charge in [-0.15, -0.1) is 0 Å². The molecule has 0 aliphatic heterocycles. The molecule has 436 valence electrons. The van der Waals surface area contributed by atoms with Crippen LogP contribution in [0.25, 0.3) is 0 Å². The second-order valence-electron chi connectivity index (χ2n) is 22.8. The Hall–Kier alpha value is -1.92. The number of carbonyl (C=O) groups excluding carboxylic acids is 2. The van der Waals surface area contributed by atoms with Gasteiger partial charge >= 0.3 is 5.97 Å². The molecule has 0 rings (SSSR count). The Balaban J connectivity index is 3.47. The maximum Gasteiger partial charge on any atom is 0.305 e. The molecule has 0 radical (unpaired) electrons. The van der Waals surface area contributed by atoms with Crippen LogP contribution < -0.4 is 5.32 Å². The zero-order valence-electron chi connectivity index (χ0n) is 49.8. The third kappa shape index (κ3) is 59.3. The minimum absolute atomic E-state index is 0.00973. The molecule has 0 aliphatic rings. The number of carbonyl (C=O) groups is 2. The maximum atomic E-state index is 12.5. The summed E-state index contributed by atoms with van der Waals surface area (Å²) in [5.41, 5.74) is 0. The van der Waals surface area contributed by atoms with Crippen LogP contribution in [0.4, 0.5) is 0 Å². The summed E-state index contributed by atoms with van der Waals surface area (Å²) in [6.45, 7) is 4.92. The first kappa shape index (κ1) is 72.1. The summed E-state index contributed by atoms with van der Waals surface area (Å²) in [6, 6.07) is -0.636. The van der Waals surface area contributed by atoms with E-state index in [1.807, 2.05) is 6.08 Å². The van der Waals surface area contributed by atoms with E-state index in [1.54, 1.807) is 6.08 Å². The average Bonchev–Trinajstić information content (AvgIpc) is 3.40. The number of amides is 1. The topological polar surface area (TPSA) is 95.9 Å². The highest BCUT2D eigenvalue weighted by Gasteiger charge is 2.18. The van der Waals surface area contributed by atoms with E-state index in [0.717, 1.165) is 57.8 Å². The van der Waals surface area contributed by atoms with Gasteiger partial charge in [0.2, 0.25) is 5.91 Å². The molecule has 74 heavy (non-hydrogen) atoms. The Labute approximate surface area is 462 Å². The molecular weight excluding hydrogens is 911 g/mol. The molecule has 0 aliphatic carbocycles. The van der Waals surface area contributed by atoms with Gasteiger partial charge in [-0.05, 0) is 64.2 Å². The number of ether oxygens (including phenoxy) is 1. The predicted molar refractivity (Wildman–Crippen MR) is 324 cm³/mol. The highest BCUT2D eigenvalue weighted by molar-refractivity contribution is 5.76. The normalized spacial score (nSPS) is 12.8. The van der Waals surface area contributed by atoms with E-state index < -0.39 is 12.1 Å². The van der Waals surface area contributed by atoms with Crippen molar-refractivity contribution in [2.24, 2.45) is 0 Å². The highest BCUT2D eigenvalue weighted by atomic mass is 16.5. The summed E-state index contributed by atoms with van der Waals surface area (Å²) in [6.07, 6.45) is 80.5. The first-order valence-corrected chi connectivity index (χ1v) is 33.3. The van der Waals surface area contributed by atoms with E-state index >= 15 is 0 Å². The fourth-order valence-corrected chi connectivity index (χ4v) is 10.3. The zero-order valence-corrected chi connectivity index (χ0v) is 49.8. The van der Waals surface area contributed by atoms with Crippen LogP contribution in [-0.4, -0.2) is 47.4 Å². The Morgan fingerprint density at radius 2 is 0.676 bits per heavy atom. The largest absolute Gasteiger partial charge is 0.466 e. The van der Waals surface area contributed by atoms with Gasteiger partial charge in [-0.25, -0.2) is 0 Å². The first-order chi connectivity index (χ1) is 36.5. The van der Waals surface area contributed by atoms with E-state index in [1.165, 1.54) is 276 Å². The molecule has 6 nitrogen and oxygen atoms in total. The van der Waals surface area contributed by atoms with E-state index in [4.69, 9.17) is 4.74 Å². The van der Waals surface area contributed by atoms with Crippen molar-refractivity contribution in [2.45, 2.75) is 373 Å². The summed E-state index contributed by atoms with van der Waals surface area (Å²) in [7, 11) is 0. The van der Waals surface area contributed by atoms with Crippen LogP contribution in [0.5, 0.6) is 0 Å². The molecule has 1 amide bonds. The van der Waals surface area contributed by atoms with Gasteiger partial charge in [-0.2, -0.15) is 0 Å². The Morgan fingerprint density at radius 3 is 1.03 bits per heavy atom. The maximum absolute atomic E-state index is 12.5. The summed E-state index contributed by atoms with van der Waals surface area (Å²) < 4.78 is 5.49. The van der Waals surface area contributed by atoms with Gasteiger partial charge in [0, 0.05) is 12.8 Å². The molecule has 0 heterocycles. The lowest BCUT2D eigenvalue weighted by Gasteiger charge is -2.20. The first-order valence-electron chi connectivity index (χ1n) is 33.3. The molecule has 0 bridgehead atoms. The lowest BCUT2D eigenvalue weighted by molar-refractivity contribution is -0.143. The van der Waals surface area contributed by atoms with Gasteiger partial charge in [-0.3, -0.25) is 9.59 Å². The molecule has 0 spiro atoms.